The number of esters is 1. The largest absolute Gasteiger partial charge is 0.504 e. The van der Waals surface area contributed by atoms with Crippen molar-refractivity contribution in [2.45, 2.75) is 118 Å². The Bertz CT molecular complexity index is 1100. The quantitative estimate of drug-likeness (QED) is 0.228. The Hall–Kier alpha value is -2.81. The maximum atomic E-state index is 13.7. The van der Waals surface area contributed by atoms with Crippen LogP contribution in [0.25, 0.3) is 0 Å². The highest BCUT2D eigenvalue weighted by atomic mass is 16.5. The molecule has 41 heavy (non-hydrogen) atoms. The Morgan fingerprint density at radius 1 is 1.10 bits per heavy atom. The normalized spacial score (nSPS) is 24.3. The molecule has 2 amide bonds. The molecule has 2 fully saturated rings. The molecule has 1 saturated carbocycles. The molecular formula is C32H50N2O7. The maximum Gasteiger partial charge on any atom is 0.329 e. The number of benzene rings is 1. The van der Waals surface area contributed by atoms with E-state index in [0.717, 1.165) is 19.3 Å². The summed E-state index contributed by atoms with van der Waals surface area (Å²) < 4.78 is 5.91. The van der Waals surface area contributed by atoms with Crippen molar-refractivity contribution in [3.8, 4) is 11.5 Å². The van der Waals surface area contributed by atoms with E-state index >= 15 is 0 Å². The van der Waals surface area contributed by atoms with Gasteiger partial charge < -0.3 is 30.3 Å². The fourth-order valence-corrected chi connectivity index (χ4v) is 6.31. The van der Waals surface area contributed by atoms with E-state index in [0.29, 0.717) is 37.3 Å². The van der Waals surface area contributed by atoms with E-state index in [2.05, 4.69) is 33.0 Å². The zero-order valence-corrected chi connectivity index (χ0v) is 25.8. The molecule has 1 aromatic rings. The van der Waals surface area contributed by atoms with Crippen LogP contribution in [0.3, 0.4) is 0 Å². The van der Waals surface area contributed by atoms with Crippen molar-refractivity contribution in [3.05, 3.63) is 23.8 Å². The van der Waals surface area contributed by atoms with Gasteiger partial charge in [-0.3, -0.25) is 9.59 Å². The molecule has 0 bridgehead atoms. The Kier molecular flexibility index (Phi) is 10.4. The average Bonchev–Trinajstić information content (AvgIpc) is 3.47. The molecule has 9 heteroatoms. The number of amides is 2. The number of hydrogen-bond acceptors (Lipinski definition) is 7. The third kappa shape index (κ3) is 7.34. The van der Waals surface area contributed by atoms with Crippen molar-refractivity contribution >= 4 is 17.8 Å². The zero-order valence-electron chi connectivity index (χ0n) is 25.8. The van der Waals surface area contributed by atoms with Crippen LogP contribution in [0.2, 0.25) is 0 Å². The molecule has 1 aliphatic carbocycles. The van der Waals surface area contributed by atoms with Crippen LogP contribution in [0.4, 0.5) is 0 Å². The lowest BCUT2D eigenvalue weighted by atomic mass is 9.66. The number of hydrogen-bond donors (Lipinski definition) is 4. The number of rotatable bonds is 11. The highest BCUT2D eigenvalue weighted by Crippen LogP contribution is 2.57. The van der Waals surface area contributed by atoms with Gasteiger partial charge in [-0.1, -0.05) is 54.0 Å². The zero-order chi connectivity index (χ0) is 30.7. The van der Waals surface area contributed by atoms with Crippen LogP contribution < -0.4 is 5.32 Å². The summed E-state index contributed by atoms with van der Waals surface area (Å²) in [6.07, 6.45) is 2.97. The van der Waals surface area contributed by atoms with Crippen LogP contribution in [0.15, 0.2) is 18.2 Å². The molecule has 1 heterocycles. The van der Waals surface area contributed by atoms with Crippen molar-refractivity contribution in [2.24, 2.45) is 22.7 Å². The lowest BCUT2D eigenvalue weighted by molar-refractivity contribution is -0.159. The monoisotopic (exact) mass is 574 g/mol. The Balaban J connectivity index is 1.64. The van der Waals surface area contributed by atoms with Gasteiger partial charge in [0.1, 0.15) is 18.2 Å². The van der Waals surface area contributed by atoms with Gasteiger partial charge in [0, 0.05) is 13.0 Å². The molecule has 0 spiro atoms. The number of aromatic hydroxyl groups is 2. The van der Waals surface area contributed by atoms with Gasteiger partial charge in [-0.05, 0) is 79.4 Å². The van der Waals surface area contributed by atoms with Crippen molar-refractivity contribution < 1.29 is 34.4 Å². The summed E-state index contributed by atoms with van der Waals surface area (Å²) in [6.45, 7) is 15.3. The first-order valence-electron chi connectivity index (χ1n) is 15.1. The number of carbonyl (C=O) groups is 3. The van der Waals surface area contributed by atoms with Crippen molar-refractivity contribution in [3.63, 3.8) is 0 Å². The van der Waals surface area contributed by atoms with Crippen molar-refractivity contribution in [2.75, 3.05) is 6.54 Å². The first kappa shape index (κ1) is 32.7. The van der Waals surface area contributed by atoms with E-state index in [1.165, 1.54) is 23.1 Å². The fraction of sp³-hybridized carbons (Fsp3) is 0.719. The van der Waals surface area contributed by atoms with Gasteiger partial charge in [0.2, 0.25) is 11.8 Å². The summed E-state index contributed by atoms with van der Waals surface area (Å²) in [5, 5.41) is 32.5. The van der Waals surface area contributed by atoms with Gasteiger partial charge in [0.25, 0.3) is 0 Å². The second-order valence-electron chi connectivity index (χ2n) is 13.4. The number of aliphatic hydroxyl groups is 1. The van der Waals surface area contributed by atoms with Crippen LogP contribution in [0, 0.1) is 22.7 Å². The SMILES string of the molecule is CCC(C)C(NC(=O)C(O)Cc1ccc(O)c(O)c1)C(=O)N1CCCC1C(=O)OC(C)CC1CCC(C)(C)C1(C)C. The molecule has 3 rings (SSSR count). The highest BCUT2D eigenvalue weighted by Gasteiger charge is 2.49. The molecule has 2 aliphatic rings. The van der Waals surface area contributed by atoms with Gasteiger partial charge in [0.15, 0.2) is 11.5 Å². The fourth-order valence-electron chi connectivity index (χ4n) is 6.31. The second-order valence-corrected chi connectivity index (χ2v) is 13.4. The summed E-state index contributed by atoms with van der Waals surface area (Å²) in [6, 6.07) is 2.44. The predicted molar refractivity (Wildman–Crippen MR) is 156 cm³/mol. The summed E-state index contributed by atoms with van der Waals surface area (Å²) in [4.78, 5) is 41.5. The standard InChI is InChI=1S/C32H50N2O7/c1-8-19(2)27(33-28(38)26(37)18-21-11-12-24(35)25(36)17-21)29(39)34-15-9-10-23(34)30(40)41-20(3)16-22-13-14-31(4,5)32(22,6)7/h11-12,17,19-20,22-23,26-27,35-37H,8-10,13-16,18H2,1-7H3,(H,33,38). The number of nitrogens with one attached hydrogen (secondary N) is 1. The third-order valence-electron chi connectivity index (χ3n) is 10.2. The smallest absolute Gasteiger partial charge is 0.329 e. The number of aliphatic hydroxyl groups excluding tert-OH is 1. The van der Waals surface area contributed by atoms with E-state index in [4.69, 9.17) is 4.74 Å². The lowest BCUT2D eigenvalue weighted by Gasteiger charge is -2.40. The Morgan fingerprint density at radius 3 is 2.37 bits per heavy atom. The topological polar surface area (TPSA) is 136 Å². The van der Waals surface area contributed by atoms with Gasteiger partial charge in [-0.25, -0.2) is 4.79 Å². The van der Waals surface area contributed by atoms with E-state index in [-0.39, 0.29) is 46.7 Å². The summed E-state index contributed by atoms with van der Waals surface area (Å²) in [5.74, 6) is -1.91. The lowest BCUT2D eigenvalue weighted by Crippen LogP contribution is -2.56. The summed E-state index contributed by atoms with van der Waals surface area (Å²) >= 11 is 0. The molecule has 6 atom stereocenters. The molecule has 0 radical (unpaired) electrons. The number of phenols is 2. The van der Waals surface area contributed by atoms with Gasteiger partial charge in [-0.15, -0.1) is 0 Å². The number of ether oxygens (including phenoxy) is 1. The maximum absolute atomic E-state index is 13.7. The van der Waals surface area contributed by atoms with E-state index < -0.39 is 30.1 Å². The highest BCUT2D eigenvalue weighted by molar-refractivity contribution is 5.92. The molecule has 1 aromatic carbocycles. The van der Waals surface area contributed by atoms with E-state index in [1.807, 2.05) is 20.8 Å². The second kappa shape index (κ2) is 13.0. The number of phenolic OH excluding ortho intramolecular Hbond substituents is 2. The van der Waals surface area contributed by atoms with Crippen LogP contribution in [0.5, 0.6) is 11.5 Å². The van der Waals surface area contributed by atoms with Crippen LogP contribution in [0.1, 0.15) is 92.6 Å². The van der Waals surface area contributed by atoms with Crippen LogP contribution in [-0.4, -0.2) is 68.8 Å². The first-order valence-corrected chi connectivity index (χ1v) is 15.1. The van der Waals surface area contributed by atoms with Gasteiger partial charge in [-0.2, -0.15) is 0 Å². The van der Waals surface area contributed by atoms with Crippen LogP contribution in [-0.2, 0) is 25.5 Å². The molecule has 1 saturated heterocycles. The molecular weight excluding hydrogens is 524 g/mol. The van der Waals surface area contributed by atoms with E-state index in [9.17, 15) is 29.7 Å². The molecule has 9 nitrogen and oxygen atoms in total. The van der Waals surface area contributed by atoms with Crippen molar-refractivity contribution in [1.29, 1.82) is 0 Å². The summed E-state index contributed by atoms with van der Waals surface area (Å²) in [5.41, 5.74) is 0.818. The van der Waals surface area contributed by atoms with Crippen molar-refractivity contribution in [1.82, 2.24) is 10.2 Å². The average molecular weight is 575 g/mol. The van der Waals surface area contributed by atoms with E-state index in [1.54, 1.807) is 0 Å². The molecule has 0 aromatic heterocycles. The summed E-state index contributed by atoms with van der Waals surface area (Å²) in [7, 11) is 0. The van der Waals surface area contributed by atoms with Gasteiger partial charge in [0.05, 0.1) is 6.10 Å². The predicted octanol–water partition coefficient (Wildman–Crippen LogP) is 4.31. The number of likely N-dealkylation sites (tertiary alicyclic amines) is 1. The van der Waals surface area contributed by atoms with Gasteiger partial charge >= 0.3 is 5.97 Å². The third-order valence-corrected chi connectivity index (χ3v) is 10.2. The molecule has 6 unspecified atom stereocenters. The minimum absolute atomic E-state index is 0.105. The molecule has 1 aliphatic heterocycles. The Morgan fingerprint density at radius 2 is 1.78 bits per heavy atom. The first-order chi connectivity index (χ1) is 19.1. The number of nitrogens with zero attached hydrogens (tertiary/aromatic N) is 1. The molecule has 230 valence electrons. The minimum Gasteiger partial charge on any atom is -0.504 e. The number of carbonyl (C=O) groups excluding carboxylic acids is 3. The van der Waals surface area contributed by atoms with Crippen LogP contribution >= 0.6 is 0 Å². The molecule has 4 N–H and O–H groups in total. The minimum atomic E-state index is -1.47. The Labute approximate surface area is 244 Å².